The highest BCUT2D eigenvalue weighted by atomic mass is 127. The van der Waals surface area contributed by atoms with Gasteiger partial charge in [-0.25, -0.2) is 13.9 Å². The van der Waals surface area contributed by atoms with E-state index in [2.05, 4.69) is 43.5 Å². The standard InChI is InChI=1S/C19H19FIN5O2/c1-12-18(24-25-26(12)10-13-6-2-4-8-15(13)20)23-19(28)22-17(11-27)14-7-3-5-9-16(14)21/h2-9,17,27H,10-11H2,1H3,(H2,22,23,28). The molecule has 1 heterocycles. The van der Waals surface area contributed by atoms with Crippen molar-refractivity contribution in [3.63, 3.8) is 0 Å². The molecule has 0 fully saturated rings. The van der Waals surface area contributed by atoms with Gasteiger partial charge in [-0.2, -0.15) is 0 Å². The van der Waals surface area contributed by atoms with E-state index in [1.54, 1.807) is 25.1 Å². The van der Waals surface area contributed by atoms with Crippen molar-refractivity contribution in [2.24, 2.45) is 0 Å². The molecule has 0 aliphatic carbocycles. The molecule has 2 amide bonds. The molecule has 0 radical (unpaired) electrons. The number of halogens is 2. The fourth-order valence-electron chi connectivity index (χ4n) is 2.70. The lowest BCUT2D eigenvalue weighted by molar-refractivity contribution is 0.225. The van der Waals surface area contributed by atoms with Crippen LogP contribution in [0.4, 0.5) is 15.0 Å². The number of aromatic nitrogens is 3. The lowest BCUT2D eigenvalue weighted by atomic mass is 10.1. The number of nitrogens with one attached hydrogen (secondary N) is 2. The largest absolute Gasteiger partial charge is 0.394 e. The average Bonchev–Trinajstić information content (AvgIpc) is 3.02. The van der Waals surface area contributed by atoms with Gasteiger partial charge in [-0.1, -0.05) is 41.6 Å². The van der Waals surface area contributed by atoms with Crippen LogP contribution in [-0.4, -0.2) is 32.7 Å². The van der Waals surface area contributed by atoms with Gasteiger partial charge in [0.2, 0.25) is 0 Å². The molecule has 2 aromatic carbocycles. The summed E-state index contributed by atoms with van der Waals surface area (Å²) < 4.78 is 16.3. The molecule has 0 spiro atoms. The van der Waals surface area contributed by atoms with Crippen molar-refractivity contribution >= 4 is 34.4 Å². The molecular weight excluding hydrogens is 476 g/mol. The molecule has 0 saturated heterocycles. The van der Waals surface area contributed by atoms with Gasteiger partial charge >= 0.3 is 6.03 Å². The monoisotopic (exact) mass is 495 g/mol. The number of carbonyl (C=O) groups is 1. The van der Waals surface area contributed by atoms with Crippen molar-refractivity contribution in [3.05, 3.63) is 74.7 Å². The summed E-state index contributed by atoms with van der Waals surface area (Å²) in [5, 5.41) is 23.0. The molecule has 7 nitrogen and oxygen atoms in total. The van der Waals surface area contributed by atoms with Gasteiger partial charge in [-0.15, -0.1) is 5.10 Å². The predicted octanol–water partition coefficient (Wildman–Crippen LogP) is 3.23. The summed E-state index contributed by atoms with van der Waals surface area (Å²) in [5.74, 6) is -0.0545. The van der Waals surface area contributed by atoms with Crippen LogP contribution in [0.2, 0.25) is 0 Å². The maximum atomic E-state index is 13.8. The number of amides is 2. The van der Waals surface area contributed by atoms with Crippen molar-refractivity contribution in [2.75, 3.05) is 11.9 Å². The maximum Gasteiger partial charge on any atom is 0.321 e. The molecule has 0 aliphatic heterocycles. The average molecular weight is 495 g/mol. The van der Waals surface area contributed by atoms with E-state index in [1.807, 2.05) is 24.3 Å². The van der Waals surface area contributed by atoms with E-state index in [-0.39, 0.29) is 24.8 Å². The third kappa shape index (κ3) is 4.65. The highest BCUT2D eigenvalue weighted by molar-refractivity contribution is 14.1. The van der Waals surface area contributed by atoms with Crippen LogP contribution < -0.4 is 10.6 Å². The topological polar surface area (TPSA) is 92.1 Å². The van der Waals surface area contributed by atoms with Gasteiger partial charge in [-0.3, -0.25) is 5.32 Å². The van der Waals surface area contributed by atoms with Crippen LogP contribution >= 0.6 is 22.6 Å². The molecule has 1 unspecified atom stereocenters. The van der Waals surface area contributed by atoms with Gasteiger partial charge in [0.25, 0.3) is 0 Å². The van der Waals surface area contributed by atoms with Gasteiger partial charge in [0.1, 0.15) is 5.82 Å². The number of aliphatic hydroxyl groups is 1. The minimum Gasteiger partial charge on any atom is -0.394 e. The third-order valence-corrected chi connectivity index (χ3v) is 5.24. The number of urea groups is 1. The third-order valence-electron chi connectivity index (χ3n) is 4.26. The fourth-order valence-corrected chi connectivity index (χ4v) is 3.46. The SMILES string of the molecule is Cc1c(NC(=O)NC(CO)c2ccccc2I)nnn1Cc1ccccc1F. The second kappa shape index (κ2) is 9.11. The number of aliphatic hydroxyl groups excluding tert-OH is 1. The van der Waals surface area contributed by atoms with Crippen molar-refractivity contribution < 1.29 is 14.3 Å². The van der Waals surface area contributed by atoms with Crippen molar-refractivity contribution in [3.8, 4) is 0 Å². The smallest absolute Gasteiger partial charge is 0.321 e. The molecule has 3 N–H and O–H groups in total. The molecule has 1 atom stereocenters. The number of carbonyl (C=O) groups excluding carboxylic acids is 1. The molecule has 0 saturated carbocycles. The lowest BCUT2D eigenvalue weighted by Crippen LogP contribution is -2.35. The highest BCUT2D eigenvalue weighted by Crippen LogP contribution is 2.20. The van der Waals surface area contributed by atoms with E-state index in [9.17, 15) is 14.3 Å². The summed E-state index contributed by atoms with van der Waals surface area (Å²) in [6.45, 7) is 1.70. The van der Waals surface area contributed by atoms with Crippen LogP contribution in [0.25, 0.3) is 0 Å². The van der Waals surface area contributed by atoms with Gasteiger partial charge in [-0.05, 0) is 47.2 Å². The summed E-state index contributed by atoms with van der Waals surface area (Å²) >= 11 is 2.15. The summed E-state index contributed by atoms with van der Waals surface area (Å²) in [4.78, 5) is 12.4. The minimum absolute atomic E-state index is 0.205. The molecule has 3 aromatic rings. The zero-order chi connectivity index (χ0) is 20.1. The lowest BCUT2D eigenvalue weighted by Gasteiger charge is -2.18. The summed E-state index contributed by atoms with van der Waals surface area (Å²) in [7, 11) is 0. The highest BCUT2D eigenvalue weighted by Gasteiger charge is 2.18. The van der Waals surface area contributed by atoms with E-state index in [0.29, 0.717) is 11.3 Å². The quantitative estimate of drug-likeness (QED) is 0.458. The van der Waals surface area contributed by atoms with Crippen molar-refractivity contribution in [2.45, 2.75) is 19.5 Å². The van der Waals surface area contributed by atoms with E-state index in [0.717, 1.165) is 9.13 Å². The summed E-state index contributed by atoms with van der Waals surface area (Å²) in [5.41, 5.74) is 1.89. The molecule has 0 bridgehead atoms. The number of hydrogen-bond acceptors (Lipinski definition) is 4. The zero-order valence-corrected chi connectivity index (χ0v) is 17.2. The van der Waals surface area contributed by atoms with E-state index < -0.39 is 12.1 Å². The normalized spacial score (nSPS) is 11.9. The second-order valence-electron chi connectivity index (χ2n) is 6.13. The molecular formula is C19H19FIN5O2. The first-order valence-electron chi connectivity index (χ1n) is 8.56. The van der Waals surface area contributed by atoms with Crippen LogP contribution in [0.3, 0.4) is 0 Å². The Morgan fingerprint density at radius 1 is 1.25 bits per heavy atom. The minimum atomic E-state index is -0.554. The second-order valence-corrected chi connectivity index (χ2v) is 7.29. The number of anilines is 1. The Labute approximate surface area is 175 Å². The first-order chi connectivity index (χ1) is 13.5. The zero-order valence-electron chi connectivity index (χ0n) is 15.1. The van der Waals surface area contributed by atoms with Gasteiger partial charge in [0.05, 0.1) is 24.9 Å². The van der Waals surface area contributed by atoms with Crippen LogP contribution in [0.15, 0.2) is 48.5 Å². The number of hydrogen-bond donors (Lipinski definition) is 3. The van der Waals surface area contributed by atoms with E-state index in [1.165, 1.54) is 10.7 Å². The first kappa shape index (κ1) is 20.2. The molecule has 0 aliphatic rings. The van der Waals surface area contributed by atoms with Crippen molar-refractivity contribution in [1.29, 1.82) is 0 Å². The Morgan fingerprint density at radius 3 is 2.68 bits per heavy atom. The molecule has 9 heteroatoms. The van der Waals surface area contributed by atoms with Gasteiger partial charge in [0.15, 0.2) is 5.82 Å². The van der Waals surface area contributed by atoms with Crippen LogP contribution in [0, 0.1) is 16.3 Å². The van der Waals surface area contributed by atoms with Gasteiger partial charge in [0, 0.05) is 9.13 Å². The van der Waals surface area contributed by atoms with Crippen LogP contribution in [0.5, 0.6) is 0 Å². The molecule has 3 rings (SSSR count). The summed E-state index contributed by atoms with van der Waals surface area (Å²) in [6, 6.07) is 12.8. The Balaban J connectivity index is 1.68. The number of nitrogens with zero attached hydrogens (tertiary/aromatic N) is 3. The first-order valence-corrected chi connectivity index (χ1v) is 9.63. The van der Waals surface area contributed by atoms with Gasteiger partial charge < -0.3 is 10.4 Å². The van der Waals surface area contributed by atoms with E-state index in [4.69, 9.17) is 0 Å². The predicted molar refractivity (Wildman–Crippen MR) is 111 cm³/mol. The van der Waals surface area contributed by atoms with Crippen LogP contribution in [-0.2, 0) is 6.54 Å². The molecule has 28 heavy (non-hydrogen) atoms. The molecule has 1 aromatic heterocycles. The Bertz CT molecular complexity index is 978. The Morgan fingerprint density at radius 2 is 1.96 bits per heavy atom. The maximum absolute atomic E-state index is 13.8. The fraction of sp³-hybridized carbons (Fsp3) is 0.211. The Kier molecular flexibility index (Phi) is 6.57. The number of rotatable bonds is 6. The summed E-state index contributed by atoms with van der Waals surface area (Å²) in [6.07, 6.45) is 0. The van der Waals surface area contributed by atoms with Crippen LogP contribution in [0.1, 0.15) is 22.9 Å². The Hall–Kier alpha value is -2.53. The number of benzene rings is 2. The van der Waals surface area contributed by atoms with Crippen molar-refractivity contribution in [1.82, 2.24) is 20.3 Å². The molecule has 146 valence electrons. The van der Waals surface area contributed by atoms with E-state index >= 15 is 0 Å².